The molecule has 1 atom stereocenters. The SMILES string of the molecule is CC(SCC1CCCC1)C(=O)Nc1cccc(C#N)c1. The first-order valence-corrected chi connectivity index (χ1v) is 8.16. The van der Waals surface area contributed by atoms with E-state index in [4.69, 9.17) is 5.26 Å². The number of hydrogen-bond donors (Lipinski definition) is 1. The molecule has 20 heavy (non-hydrogen) atoms. The van der Waals surface area contributed by atoms with Crippen LogP contribution in [0.4, 0.5) is 5.69 Å². The Balaban J connectivity index is 1.82. The van der Waals surface area contributed by atoms with Crippen LogP contribution in [0.5, 0.6) is 0 Å². The van der Waals surface area contributed by atoms with Crippen molar-refractivity contribution in [2.24, 2.45) is 5.92 Å². The lowest BCUT2D eigenvalue weighted by atomic mass is 10.1. The zero-order chi connectivity index (χ0) is 14.4. The molecule has 1 N–H and O–H groups in total. The molecular weight excluding hydrogens is 268 g/mol. The lowest BCUT2D eigenvalue weighted by Gasteiger charge is -2.14. The van der Waals surface area contributed by atoms with Crippen molar-refractivity contribution in [3.63, 3.8) is 0 Å². The summed E-state index contributed by atoms with van der Waals surface area (Å²) < 4.78 is 0. The van der Waals surface area contributed by atoms with E-state index in [-0.39, 0.29) is 11.2 Å². The summed E-state index contributed by atoms with van der Waals surface area (Å²) in [5, 5.41) is 11.7. The van der Waals surface area contributed by atoms with Crippen molar-refractivity contribution in [3.8, 4) is 6.07 Å². The number of carbonyl (C=O) groups excluding carboxylic acids is 1. The molecule has 1 saturated carbocycles. The molecule has 1 fully saturated rings. The zero-order valence-corrected chi connectivity index (χ0v) is 12.6. The van der Waals surface area contributed by atoms with Gasteiger partial charge in [-0.1, -0.05) is 18.9 Å². The quantitative estimate of drug-likeness (QED) is 0.896. The smallest absolute Gasteiger partial charge is 0.237 e. The third-order valence-corrected chi connectivity index (χ3v) is 5.06. The van der Waals surface area contributed by atoms with Crippen LogP contribution in [0.2, 0.25) is 0 Å². The maximum absolute atomic E-state index is 12.1. The Kier molecular flexibility index (Phi) is 5.49. The molecule has 1 aliphatic carbocycles. The number of thioether (sulfide) groups is 1. The Labute approximate surface area is 124 Å². The number of nitriles is 1. The number of nitrogens with zero attached hydrogens (tertiary/aromatic N) is 1. The maximum Gasteiger partial charge on any atom is 0.237 e. The van der Waals surface area contributed by atoms with E-state index >= 15 is 0 Å². The molecule has 0 spiro atoms. The molecule has 2 rings (SSSR count). The Morgan fingerprint density at radius 3 is 2.95 bits per heavy atom. The number of anilines is 1. The van der Waals surface area contributed by atoms with Gasteiger partial charge in [0, 0.05) is 5.69 Å². The van der Waals surface area contributed by atoms with E-state index in [1.807, 2.05) is 13.0 Å². The van der Waals surface area contributed by atoms with Gasteiger partial charge in [0.25, 0.3) is 0 Å². The van der Waals surface area contributed by atoms with E-state index in [2.05, 4.69) is 11.4 Å². The van der Waals surface area contributed by atoms with Gasteiger partial charge in [-0.3, -0.25) is 4.79 Å². The molecule has 0 heterocycles. The second kappa shape index (κ2) is 7.35. The van der Waals surface area contributed by atoms with Crippen molar-refractivity contribution in [3.05, 3.63) is 29.8 Å². The number of benzene rings is 1. The monoisotopic (exact) mass is 288 g/mol. The fourth-order valence-corrected chi connectivity index (χ4v) is 3.55. The molecule has 0 aromatic heterocycles. The van der Waals surface area contributed by atoms with Gasteiger partial charge in [-0.2, -0.15) is 5.26 Å². The van der Waals surface area contributed by atoms with Crippen molar-refractivity contribution in [2.45, 2.75) is 37.9 Å². The van der Waals surface area contributed by atoms with Crippen molar-refractivity contribution in [1.29, 1.82) is 5.26 Å². The molecule has 3 nitrogen and oxygen atoms in total. The van der Waals surface area contributed by atoms with Crippen LogP contribution in [-0.4, -0.2) is 16.9 Å². The van der Waals surface area contributed by atoms with E-state index in [0.717, 1.165) is 11.7 Å². The number of nitrogens with one attached hydrogen (secondary N) is 1. The van der Waals surface area contributed by atoms with E-state index in [1.165, 1.54) is 25.7 Å². The molecule has 1 unspecified atom stereocenters. The molecule has 1 aromatic rings. The maximum atomic E-state index is 12.1. The highest BCUT2D eigenvalue weighted by atomic mass is 32.2. The molecule has 1 aliphatic rings. The topological polar surface area (TPSA) is 52.9 Å². The number of amides is 1. The summed E-state index contributed by atoms with van der Waals surface area (Å²) in [4.78, 5) is 12.1. The summed E-state index contributed by atoms with van der Waals surface area (Å²) in [5.41, 5.74) is 1.26. The zero-order valence-electron chi connectivity index (χ0n) is 11.8. The first-order valence-electron chi connectivity index (χ1n) is 7.11. The van der Waals surface area contributed by atoms with Crippen molar-refractivity contribution >= 4 is 23.4 Å². The van der Waals surface area contributed by atoms with E-state index in [0.29, 0.717) is 11.3 Å². The van der Waals surface area contributed by atoms with Crippen LogP contribution >= 0.6 is 11.8 Å². The molecule has 1 aromatic carbocycles. The average molecular weight is 288 g/mol. The Morgan fingerprint density at radius 2 is 2.25 bits per heavy atom. The Morgan fingerprint density at radius 1 is 1.50 bits per heavy atom. The second-order valence-corrected chi connectivity index (χ2v) is 6.68. The van der Waals surface area contributed by atoms with Crippen molar-refractivity contribution in [2.75, 3.05) is 11.1 Å². The minimum absolute atomic E-state index is 0.0167. The summed E-state index contributed by atoms with van der Waals surface area (Å²) >= 11 is 1.73. The summed E-state index contributed by atoms with van der Waals surface area (Å²) in [6, 6.07) is 9.10. The van der Waals surface area contributed by atoms with Crippen LogP contribution < -0.4 is 5.32 Å². The third kappa shape index (κ3) is 4.28. The highest BCUT2D eigenvalue weighted by Gasteiger charge is 2.19. The second-order valence-electron chi connectivity index (χ2n) is 5.31. The van der Waals surface area contributed by atoms with E-state index in [9.17, 15) is 4.79 Å². The normalized spacial score (nSPS) is 16.6. The number of carbonyl (C=O) groups is 1. The third-order valence-electron chi connectivity index (χ3n) is 3.69. The predicted molar refractivity (Wildman–Crippen MR) is 83.7 cm³/mol. The van der Waals surface area contributed by atoms with Gasteiger partial charge < -0.3 is 5.32 Å². The van der Waals surface area contributed by atoms with E-state index < -0.39 is 0 Å². The highest BCUT2D eigenvalue weighted by Crippen LogP contribution is 2.29. The number of hydrogen-bond acceptors (Lipinski definition) is 3. The lowest BCUT2D eigenvalue weighted by Crippen LogP contribution is -2.23. The minimum atomic E-state index is -0.0543. The first kappa shape index (κ1) is 14.9. The molecular formula is C16H20N2OS. The Hall–Kier alpha value is -1.47. The summed E-state index contributed by atoms with van der Waals surface area (Å²) in [6.07, 6.45) is 5.30. The van der Waals surface area contributed by atoms with Crippen LogP contribution in [0.25, 0.3) is 0 Å². The average Bonchev–Trinajstić information content (AvgIpc) is 2.98. The Bertz CT molecular complexity index is 503. The van der Waals surface area contributed by atoms with Crippen LogP contribution in [0.15, 0.2) is 24.3 Å². The van der Waals surface area contributed by atoms with Gasteiger partial charge in [-0.15, -0.1) is 11.8 Å². The van der Waals surface area contributed by atoms with Crippen LogP contribution in [0, 0.1) is 17.2 Å². The summed E-state index contributed by atoms with van der Waals surface area (Å²) in [7, 11) is 0. The fraction of sp³-hybridized carbons (Fsp3) is 0.500. The molecule has 106 valence electrons. The van der Waals surface area contributed by atoms with Gasteiger partial charge in [-0.25, -0.2) is 0 Å². The van der Waals surface area contributed by atoms with E-state index in [1.54, 1.807) is 30.0 Å². The highest BCUT2D eigenvalue weighted by molar-refractivity contribution is 8.00. The predicted octanol–water partition coefficient (Wildman–Crippen LogP) is 3.81. The van der Waals surface area contributed by atoms with Crippen LogP contribution in [0.1, 0.15) is 38.2 Å². The molecule has 0 bridgehead atoms. The van der Waals surface area contributed by atoms with Gasteiger partial charge in [-0.05, 0) is 49.6 Å². The summed E-state index contributed by atoms with van der Waals surface area (Å²) in [5.74, 6) is 1.88. The van der Waals surface area contributed by atoms with Gasteiger partial charge in [0.2, 0.25) is 5.91 Å². The molecule has 0 saturated heterocycles. The fourth-order valence-electron chi connectivity index (χ4n) is 2.44. The molecule has 0 aliphatic heterocycles. The van der Waals surface area contributed by atoms with Crippen molar-refractivity contribution < 1.29 is 4.79 Å². The van der Waals surface area contributed by atoms with Crippen LogP contribution in [0.3, 0.4) is 0 Å². The van der Waals surface area contributed by atoms with Crippen molar-refractivity contribution in [1.82, 2.24) is 0 Å². The van der Waals surface area contributed by atoms with Gasteiger partial charge in [0.05, 0.1) is 16.9 Å². The standard InChI is InChI=1S/C16H20N2OS/c1-12(20-11-13-5-2-3-6-13)16(19)18-15-8-4-7-14(9-15)10-17/h4,7-9,12-13H,2-3,5-6,11H2,1H3,(H,18,19). The molecule has 1 amide bonds. The molecule has 0 radical (unpaired) electrons. The van der Waals surface area contributed by atoms with Gasteiger partial charge in [0.1, 0.15) is 0 Å². The van der Waals surface area contributed by atoms with Gasteiger partial charge >= 0.3 is 0 Å². The molecule has 4 heteroatoms. The summed E-state index contributed by atoms with van der Waals surface area (Å²) in [6.45, 7) is 1.95. The van der Waals surface area contributed by atoms with Gasteiger partial charge in [0.15, 0.2) is 0 Å². The largest absolute Gasteiger partial charge is 0.325 e. The van der Waals surface area contributed by atoms with Crippen LogP contribution in [-0.2, 0) is 4.79 Å². The number of rotatable bonds is 5. The lowest BCUT2D eigenvalue weighted by molar-refractivity contribution is -0.115. The first-order chi connectivity index (χ1) is 9.69. The minimum Gasteiger partial charge on any atom is -0.325 e.